The van der Waals surface area contributed by atoms with Crippen LogP contribution >= 0.6 is 11.8 Å². The molecule has 1 heterocycles. The molecule has 0 aliphatic carbocycles. The number of anilines is 1. The SMILES string of the molecule is Fc1cccc(NC2CSc3ccccc32)c1. The minimum absolute atomic E-state index is 0.200. The largest absolute Gasteiger partial charge is 0.377 e. The first kappa shape index (κ1) is 10.7. The van der Waals surface area contributed by atoms with Crippen LogP contribution in [0.1, 0.15) is 11.6 Å². The third-order valence-corrected chi connectivity index (χ3v) is 4.05. The molecule has 3 heteroatoms. The average Bonchev–Trinajstić information content (AvgIpc) is 2.73. The number of hydrogen-bond acceptors (Lipinski definition) is 2. The summed E-state index contributed by atoms with van der Waals surface area (Å²) in [6, 6.07) is 15.3. The van der Waals surface area contributed by atoms with Crippen molar-refractivity contribution in [3.05, 3.63) is 59.9 Å². The maximum absolute atomic E-state index is 13.1. The molecule has 0 bridgehead atoms. The van der Waals surface area contributed by atoms with Crippen LogP contribution in [0.4, 0.5) is 10.1 Å². The second-order valence-electron chi connectivity index (χ2n) is 4.06. The molecule has 1 aliphatic heterocycles. The average molecular weight is 245 g/mol. The highest BCUT2D eigenvalue weighted by Crippen LogP contribution is 2.39. The minimum Gasteiger partial charge on any atom is -0.377 e. The van der Waals surface area contributed by atoms with E-state index in [-0.39, 0.29) is 11.9 Å². The quantitative estimate of drug-likeness (QED) is 0.855. The number of halogens is 1. The molecular weight excluding hydrogens is 233 g/mol. The molecule has 2 aromatic rings. The highest BCUT2D eigenvalue weighted by molar-refractivity contribution is 7.99. The Balaban J connectivity index is 1.84. The Morgan fingerprint density at radius 2 is 2.00 bits per heavy atom. The van der Waals surface area contributed by atoms with E-state index < -0.39 is 0 Å². The van der Waals surface area contributed by atoms with Crippen LogP contribution in [-0.4, -0.2) is 5.75 Å². The van der Waals surface area contributed by atoms with E-state index in [1.807, 2.05) is 23.9 Å². The van der Waals surface area contributed by atoms with Crippen molar-refractivity contribution in [3.8, 4) is 0 Å². The van der Waals surface area contributed by atoms with Crippen molar-refractivity contribution in [2.45, 2.75) is 10.9 Å². The molecule has 17 heavy (non-hydrogen) atoms. The van der Waals surface area contributed by atoms with Crippen molar-refractivity contribution < 1.29 is 4.39 Å². The normalized spacial score (nSPS) is 17.8. The zero-order valence-electron chi connectivity index (χ0n) is 9.19. The third-order valence-electron chi connectivity index (χ3n) is 2.87. The highest BCUT2D eigenvalue weighted by Gasteiger charge is 2.22. The molecule has 3 rings (SSSR count). The van der Waals surface area contributed by atoms with E-state index in [0.717, 1.165) is 11.4 Å². The second kappa shape index (κ2) is 4.41. The summed E-state index contributed by atoms with van der Waals surface area (Å²) < 4.78 is 13.1. The van der Waals surface area contributed by atoms with Crippen LogP contribution in [0.5, 0.6) is 0 Å². The molecule has 1 aliphatic rings. The number of nitrogens with one attached hydrogen (secondary N) is 1. The van der Waals surface area contributed by atoms with Crippen molar-refractivity contribution >= 4 is 17.4 Å². The number of benzene rings is 2. The van der Waals surface area contributed by atoms with Crippen LogP contribution < -0.4 is 5.32 Å². The van der Waals surface area contributed by atoms with Crippen LogP contribution in [-0.2, 0) is 0 Å². The van der Waals surface area contributed by atoms with E-state index in [1.165, 1.54) is 22.6 Å². The van der Waals surface area contributed by atoms with E-state index in [9.17, 15) is 4.39 Å². The van der Waals surface area contributed by atoms with Crippen molar-refractivity contribution in [1.29, 1.82) is 0 Å². The first-order valence-electron chi connectivity index (χ1n) is 5.57. The fraction of sp³-hybridized carbons (Fsp3) is 0.143. The van der Waals surface area contributed by atoms with E-state index in [0.29, 0.717) is 0 Å². The number of rotatable bonds is 2. The molecule has 86 valence electrons. The Hall–Kier alpha value is -1.48. The van der Waals surface area contributed by atoms with Gasteiger partial charge in [0.15, 0.2) is 0 Å². The minimum atomic E-state index is -0.200. The standard InChI is InChI=1S/C14H12FNS/c15-10-4-3-5-11(8-10)16-13-9-17-14-7-2-1-6-12(13)14/h1-8,13,16H,9H2. The van der Waals surface area contributed by atoms with Crippen LogP contribution in [0.2, 0.25) is 0 Å². The van der Waals surface area contributed by atoms with E-state index in [2.05, 4.69) is 23.5 Å². The van der Waals surface area contributed by atoms with Gasteiger partial charge >= 0.3 is 0 Å². The zero-order chi connectivity index (χ0) is 11.7. The highest BCUT2D eigenvalue weighted by atomic mass is 32.2. The second-order valence-corrected chi connectivity index (χ2v) is 5.12. The molecule has 0 aromatic heterocycles. The van der Waals surface area contributed by atoms with Gasteiger partial charge in [-0.3, -0.25) is 0 Å². The van der Waals surface area contributed by atoms with Crippen molar-refractivity contribution in [2.24, 2.45) is 0 Å². The third kappa shape index (κ3) is 2.15. The predicted octanol–water partition coefficient (Wildman–Crippen LogP) is 4.08. The molecule has 2 aromatic carbocycles. The van der Waals surface area contributed by atoms with Gasteiger partial charge in [0.25, 0.3) is 0 Å². The van der Waals surface area contributed by atoms with Crippen molar-refractivity contribution in [2.75, 3.05) is 11.1 Å². The molecule has 0 fully saturated rings. The first-order valence-corrected chi connectivity index (χ1v) is 6.55. The summed E-state index contributed by atoms with van der Waals surface area (Å²) in [6.07, 6.45) is 0. The van der Waals surface area contributed by atoms with Crippen LogP contribution in [0.15, 0.2) is 53.4 Å². The van der Waals surface area contributed by atoms with Gasteiger partial charge in [-0.2, -0.15) is 0 Å². The Labute approximate surface area is 104 Å². The van der Waals surface area contributed by atoms with E-state index in [1.54, 1.807) is 6.07 Å². The Morgan fingerprint density at radius 3 is 2.88 bits per heavy atom. The summed E-state index contributed by atoms with van der Waals surface area (Å²) in [5, 5.41) is 3.38. The van der Waals surface area contributed by atoms with Crippen molar-refractivity contribution in [1.82, 2.24) is 0 Å². The fourth-order valence-electron chi connectivity index (χ4n) is 2.06. The van der Waals surface area contributed by atoms with Gasteiger partial charge in [0, 0.05) is 16.3 Å². The number of hydrogen-bond donors (Lipinski definition) is 1. The number of thioether (sulfide) groups is 1. The molecule has 0 amide bonds. The van der Waals surface area contributed by atoms with Gasteiger partial charge < -0.3 is 5.32 Å². The maximum atomic E-state index is 13.1. The van der Waals surface area contributed by atoms with Gasteiger partial charge in [-0.1, -0.05) is 24.3 Å². The van der Waals surface area contributed by atoms with Gasteiger partial charge in [0.1, 0.15) is 5.82 Å². The lowest BCUT2D eigenvalue weighted by Crippen LogP contribution is -2.09. The molecule has 0 saturated heterocycles. The monoisotopic (exact) mass is 245 g/mol. The molecule has 1 unspecified atom stereocenters. The maximum Gasteiger partial charge on any atom is 0.125 e. The van der Waals surface area contributed by atoms with Crippen LogP contribution in [0.3, 0.4) is 0 Å². The smallest absolute Gasteiger partial charge is 0.125 e. The van der Waals surface area contributed by atoms with Gasteiger partial charge in [0.2, 0.25) is 0 Å². The molecule has 1 atom stereocenters. The lowest BCUT2D eigenvalue weighted by molar-refractivity contribution is 0.628. The van der Waals surface area contributed by atoms with Gasteiger partial charge in [0.05, 0.1) is 6.04 Å². The summed E-state index contributed by atoms with van der Waals surface area (Å²) in [4.78, 5) is 1.32. The fourth-order valence-corrected chi connectivity index (χ4v) is 3.22. The van der Waals surface area contributed by atoms with Gasteiger partial charge in [-0.15, -0.1) is 11.8 Å². The summed E-state index contributed by atoms with van der Waals surface area (Å²) in [6.45, 7) is 0. The van der Waals surface area contributed by atoms with Gasteiger partial charge in [-0.05, 0) is 29.8 Å². The van der Waals surface area contributed by atoms with Crippen molar-refractivity contribution in [3.63, 3.8) is 0 Å². The molecule has 1 N–H and O–H groups in total. The Kier molecular flexibility index (Phi) is 2.77. The van der Waals surface area contributed by atoms with E-state index in [4.69, 9.17) is 0 Å². The first-order chi connectivity index (χ1) is 8.33. The zero-order valence-corrected chi connectivity index (χ0v) is 10.0. The van der Waals surface area contributed by atoms with E-state index >= 15 is 0 Å². The summed E-state index contributed by atoms with van der Waals surface area (Å²) in [5.41, 5.74) is 2.15. The number of fused-ring (bicyclic) bond motifs is 1. The topological polar surface area (TPSA) is 12.0 Å². The molecule has 0 spiro atoms. The Morgan fingerprint density at radius 1 is 1.12 bits per heavy atom. The van der Waals surface area contributed by atoms with Crippen LogP contribution in [0, 0.1) is 5.82 Å². The lowest BCUT2D eigenvalue weighted by Gasteiger charge is -2.14. The molecule has 0 saturated carbocycles. The molecule has 0 radical (unpaired) electrons. The summed E-state index contributed by atoms with van der Waals surface area (Å²) >= 11 is 1.84. The molecular formula is C14H12FNS. The summed E-state index contributed by atoms with van der Waals surface area (Å²) in [7, 11) is 0. The van der Waals surface area contributed by atoms with Gasteiger partial charge in [-0.25, -0.2) is 4.39 Å². The summed E-state index contributed by atoms with van der Waals surface area (Å²) in [5.74, 6) is 0.796. The Bertz CT molecular complexity index is 541. The van der Waals surface area contributed by atoms with Crippen LogP contribution in [0.25, 0.3) is 0 Å². The molecule has 1 nitrogen and oxygen atoms in total. The lowest BCUT2D eigenvalue weighted by atomic mass is 10.1. The predicted molar refractivity (Wildman–Crippen MR) is 69.9 cm³/mol.